The van der Waals surface area contributed by atoms with Crippen molar-refractivity contribution in [3.8, 4) is 0 Å². The number of carboxylic acid groups (broad SMARTS) is 1. The summed E-state index contributed by atoms with van der Waals surface area (Å²) in [7, 11) is -3.72. The van der Waals surface area contributed by atoms with Crippen LogP contribution in [0.3, 0.4) is 0 Å². The molecule has 2 aromatic heterocycles. The second-order valence-corrected chi connectivity index (χ2v) is 10.8. The molecule has 0 amide bonds. The van der Waals surface area contributed by atoms with Gasteiger partial charge in [-0.1, -0.05) is 13.3 Å². The van der Waals surface area contributed by atoms with E-state index in [1.165, 1.54) is 27.1 Å². The van der Waals surface area contributed by atoms with Gasteiger partial charge in [0.1, 0.15) is 29.8 Å². The van der Waals surface area contributed by atoms with Gasteiger partial charge < -0.3 is 24.9 Å². The van der Waals surface area contributed by atoms with E-state index in [2.05, 4.69) is 25.1 Å². The highest BCUT2D eigenvalue weighted by atomic mass is 31.2. The van der Waals surface area contributed by atoms with Crippen molar-refractivity contribution in [1.29, 1.82) is 0 Å². The van der Waals surface area contributed by atoms with E-state index in [9.17, 15) is 19.3 Å². The summed E-state index contributed by atoms with van der Waals surface area (Å²) in [5.74, 6) is -1.53. The number of ether oxygens (including phenoxy) is 2. The molecule has 0 radical (unpaired) electrons. The number of nitrogens with one attached hydrogen (secondary N) is 2. The third kappa shape index (κ3) is 7.45. The normalized spacial score (nSPS) is 15.6. The molecule has 2 heterocycles. The van der Waals surface area contributed by atoms with Crippen LogP contribution in [0.5, 0.6) is 0 Å². The minimum Gasteiger partial charge on any atom is -0.480 e. The van der Waals surface area contributed by atoms with Crippen LogP contribution in [0.4, 0.5) is 5.82 Å². The van der Waals surface area contributed by atoms with Crippen molar-refractivity contribution < 1.29 is 28.7 Å². The Hall–Kier alpha value is -2.60. The van der Waals surface area contributed by atoms with E-state index >= 15 is 0 Å². The topological polar surface area (TPSA) is 184 Å². The van der Waals surface area contributed by atoms with E-state index in [0.29, 0.717) is 24.1 Å². The molecular formula is C20H34N7O6P. The van der Waals surface area contributed by atoms with Crippen molar-refractivity contribution in [2.45, 2.75) is 71.7 Å². The Morgan fingerprint density at radius 2 is 2.00 bits per heavy atom. The van der Waals surface area contributed by atoms with Gasteiger partial charge in [-0.25, -0.2) is 25.1 Å². The number of anilines is 1. The number of carbonyl (C=O) groups is 2. The molecular weight excluding hydrogens is 465 g/mol. The number of aliphatic carboxylic acids is 1. The Balaban J connectivity index is 2.10. The molecule has 34 heavy (non-hydrogen) atoms. The number of carboxylic acids is 1. The molecule has 0 unspecified atom stereocenters. The monoisotopic (exact) mass is 499 g/mol. The minimum absolute atomic E-state index is 0.250. The van der Waals surface area contributed by atoms with Crippen LogP contribution in [0.15, 0.2) is 12.7 Å². The fourth-order valence-electron chi connectivity index (χ4n) is 3.00. The smallest absolute Gasteiger partial charge is 0.323 e. The Labute approximate surface area is 198 Å². The number of nitrogen functional groups attached to an aromatic ring is 1. The van der Waals surface area contributed by atoms with Gasteiger partial charge in [-0.3, -0.25) is 14.2 Å². The number of unbranched alkanes of at least 4 members (excludes halogenated alkanes) is 1. The van der Waals surface area contributed by atoms with Gasteiger partial charge in [0.15, 0.2) is 11.5 Å². The van der Waals surface area contributed by atoms with Gasteiger partial charge in [0.05, 0.1) is 25.6 Å². The summed E-state index contributed by atoms with van der Waals surface area (Å²) in [6.07, 6.45) is 3.61. The van der Waals surface area contributed by atoms with Crippen LogP contribution >= 0.6 is 7.44 Å². The largest absolute Gasteiger partial charge is 0.480 e. The number of nitrogens with zero attached hydrogens (tertiary/aromatic N) is 4. The van der Waals surface area contributed by atoms with Crippen LogP contribution in [-0.4, -0.2) is 67.2 Å². The molecule has 0 bridgehead atoms. The third-order valence-electron chi connectivity index (χ3n) is 4.92. The van der Waals surface area contributed by atoms with E-state index in [1.54, 1.807) is 17.8 Å². The maximum Gasteiger partial charge on any atom is 0.323 e. The first-order valence-corrected chi connectivity index (χ1v) is 12.9. The second kappa shape index (κ2) is 11.7. The maximum atomic E-state index is 13.7. The second-order valence-electron chi connectivity index (χ2n) is 8.59. The minimum atomic E-state index is -3.72. The van der Waals surface area contributed by atoms with Crippen molar-refractivity contribution in [2.24, 2.45) is 0 Å². The quantitative estimate of drug-likeness (QED) is 0.168. The highest BCUT2D eigenvalue weighted by molar-refractivity contribution is 7.59. The van der Waals surface area contributed by atoms with E-state index in [1.807, 2.05) is 6.92 Å². The molecule has 0 fully saturated rings. The van der Waals surface area contributed by atoms with Crippen LogP contribution in [0.1, 0.15) is 47.5 Å². The number of nitrogens with two attached hydrogens (primary N) is 1. The zero-order valence-electron chi connectivity index (χ0n) is 20.1. The van der Waals surface area contributed by atoms with Crippen LogP contribution in [-0.2, 0) is 30.2 Å². The summed E-state index contributed by atoms with van der Waals surface area (Å²) < 4.78 is 26.4. The van der Waals surface area contributed by atoms with Crippen molar-refractivity contribution >= 4 is 36.4 Å². The molecule has 0 aliphatic heterocycles. The lowest BCUT2D eigenvalue weighted by molar-refractivity contribution is -0.145. The number of rotatable bonds is 14. The summed E-state index contributed by atoms with van der Waals surface area (Å²) in [4.78, 5) is 36.2. The lowest BCUT2D eigenvalue weighted by Gasteiger charge is -2.31. The molecule has 0 aromatic carbocycles. The first-order chi connectivity index (χ1) is 15.9. The Morgan fingerprint density at radius 1 is 1.29 bits per heavy atom. The number of imidazole rings is 1. The molecule has 13 nitrogen and oxygen atoms in total. The fraction of sp³-hybridized carbons (Fsp3) is 0.650. The van der Waals surface area contributed by atoms with Gasteiger partial charge in [-0.15, -0.1) is 0 Å². The molecule has 14 heteroatoms. The SMILES string of the molecule is CCCCOC(=O)[C@@H](C)N[P@@](=O)(CO[C@H](C)Cn1cnc2c(N)ncnc21)NC(C)(C)C(=O)O. The van der Waals surface area contributed by atoms with Crippen molar-refractivity contribution in [1.82, 2.24) is 29.7 Å². The average molecular weight is 500 g/mol. The van der Waals surface area contributed by atoms with Gasteiger partial charge in [0, 0.05) is 0 Å². The number of carbonyl (C=O) groups excluding carboxylic acids is 1. The Kier molecular flexibility index (Phi) is 9.51. The number of esters is 1. The summed E-state index contributed by atoms with van der Waals surface area (Å²) in [5.41, 5.74) is 5.25. The van der Waals surface area contributed by atoms with Crippen LogP contribution in [0.25, 0.3) is 11.2 Å². The molecule has 190 valence electrons. The third-order valence-corrected chi connectivity index (χ3v) is 7.15. The zero-order chi connectivity index (χ0) is 25.5. The van der Waals surface area contributed by atoms with Crippen molar-refractivity contribution in [3.63, 3.8) is 0 Å². The van der Waals surface area contributed by atoms with Crippen molar-refractivity contribution in [2.75, 3.05) is 18.7 Å². The lowest BCUT2D eigenvalue weighted by atomic mass is 10.1. The number of fused-ring (bicyclic) bond motifs is 1. The Bertz CT molecular complexity index is 1040. The lowest BCUT2D eigenvalue weighted by Crippen LogP contribution is -2.49. The van der Waals surface area contributed by atoms with Gasteiger partial charge in [-0.05, 0) is 34.1 Å². The van der Waals surface area contributed by atoms with Gasteiger partial charge >= 0.3 is 11.9 Å². The summed E-state index contributed by atoms with van der Waals surface area (Å²) >= 11 is 0. The highest BCUT2D eigenvalue weighted by Crippen LogP contribution is 2.40. The molecule has 5 N–H and O–H groups in total. The first-order valence-electron chi connectivity index (χ1n) is 11.0. The Morgan fingerprint density at radius 3 is 2.65 bits per heavy atom. The molecule has 0 saturated heterocycles. The molecule has 0 aliphatic carbocycles. The fourth-order valence-corrected chi connectivity index (χ4v) is 5.40. The first kappa shape index (κ1) is 27.6. The van der Waals surface area contributed by atoms with Gasteiger partial charge in [0.25, 0.3) is 0 Å². The molecule has 0 spiro atoms. The van der Waals surface area contributed by atoms with E-state index in [0.717, 1.165) is 6.42 Å². The molecule has 2 rings (SSSR count). The van der Waals surface area contributed by atoms with E-state index in [4.69, 9.17) is 15.2 Å². The van der Waals surface area contributed by atoms with Crippen LogP contribution in [0, 0.1) is 0 Å². The zero-order valence-corrected chi connectivity index (χ0v) is 21.0. The highest BCUT2D eigenvalue weighted by Gasteiger charge is 2.38. The maximum absolute atomic E-state index is 13.7. The number of hydrogen-bond donors (Lipinski definition) is 4. The standard InChI is InChI=1S/C20H34N7O6P/c1-6-7-8-32-18(28)14(3)25-34(31,26-20(4,5)19(29)30)12-33-13(2)9-27-11-24-15-16(21)22-10-23-17(15)27/h10-11,13-14H,6-9,12H2,1-5H3,(H,29,30)(H2,21,22,23)(H2,25,26,31)/t13-,14-,34+/m1/s1. The van der Waals surface area contributed by atoms with Crippen LogP contribution < -0.4 is 15.9 Å². The molecule has 0 aliphatic rings. The summed E-state index contributed by atoms with van der Waals surface area (Å²) in [6.45, 7) is 8.53. The molecule has 2 aromatic rings. The molecule has 0 saturated carbocycles. The average Bonchev–Trinajstić information content (AvgIpc) is 3.16. The number of hydrogen-bond acceptors (Lipinski definition) is 9. The summed E-state index contributed by atoms with van der Waals surface area (Å²) in [6, 6.07) is -0.948. The van der Waals surface area contributed by atoms with E-state index < -0.39 is 37.1 Å². The predicted molar refractivity (Wildman–Crippen MR) is 126 cm³/mol. The van der Waals surface area contributed by atoms with Crippen LogP contribution in [0.2, 0.25) is 0 Å². The van der Waals surface area contributed by atoms with Gasteiger partial charge in [-0.2, -0.15) is 0 Å². The van der Waals surface area contributed by atoms with Crippen molar-refractivity contribution in [3.05, 3.63) is 12.7 Å². The molecule has 3 atom stereocenters. The van der Waals surface area contributed by atoms with E-state index in [-0.39, 0.29) is 18.8 Å². The van der Waals surface area contributed by atoms with Gasteiger partial charge in [0.2, 0.25) is 7.44 Å². The summed E-state index contributed by atoms with van der Waals surface area (Å²) in [5, 5.41) is 14.8. The number of aromatic nitrogens is 4. The predicted octanol–water partition coefficient (Wildman–Crippen LogP) is 1.74.